The summed E-state index contributed by atoms with van der Waals surface area (Å²) in [6, 6.07) is 3.85. The fourth-order valence-corrected chi connectivity index (χ4v) is 5.04. The largest absolute Gasteiger partial charge is 0.487 e. The Bertz CT molecular complexity index is 1100. The SMILES string of the molecule is CCC1(OC)CN(c2nc(C(=O)Nc3ccc(OC4CC5C[C@H]5C4)c(F)c3)c(CC(F)(F)F)o2)C1. The second-order valence-electron chi connectivity index (χ2n) is 9.72. The summed E-state index contributed by atoms with van der Waals surface area (Å²) in [6.07, 6.45) is -2.32. The molecule has 5 rings (SSSR count). The first-order valence-corrected chi connectivity index (χ1v) is 11.7. The van der Waals surface area contributed by atoms with E-state index in [2.05, 4.69) is 10.3 Å². The normalized spacial score (nSPS) is 24.6. The zero-order chi connectivity index (χ0) is 25.0. The number of hydrogen-bond donors (Lipinski definition) is 1. The van der Waals surface area contributed by atoms with E-state index >= 15 is 0 Å². The van der Waals surface area contributed by atoms with Crippen LogP contribution in [0.5, 0.6) is 5.75 Å². The number of hydrogen-bond acceptors (Lipinski definition) is 6. The molecule has 2 heterocycles. The van der Waals surface area contributed by atoms with Gasteiger partial charge in [-0.2, -0.15) is 18.2 Å². The van der Waals surface area contributed by atoms with E-state index in [1.807, 2.05) is 6.92 Å². The van der Waals surface area contributed by atoms with Crippen LogP contribution < -0.4 is 15.0 Å². The molecule has 35 heavy (non-hydrogen) atoms. The number of fused-ring (bicyclic) bond motifs is 1. The number of carbonyl (C=O) groups excluding carboxylic acids is 1. The lowest BCUT2D eigenvalue weighted by Crippen LogP contribution is -2.62. The number of anilines is 2. The fraction of sp³-hybridized carbons (Fsp3) is 0.583. The molecule has 2 saturated carbocycles. The van der Waals surface area contributed by atoms with Gasteiger partial charge < -0.3 is 24.1 Å². The van der Waals surface area contributed by atoms with Gasteiger partial charge in [0.2, 0.25) is 0 Å². The van der Waals surface area contributed by atoms with E-state index in [1.165, 1.54) is 18.6 Å². The molecule has 2 unspecified atom stereocenters. The Hall–Kier alpha value is -2.82. The van der Waals surface area contributed by atoms with Gasteiger partial charge in [0.25, 0.3) is 11.9 Å². The Balaban J connectivity index is 1.29. The van der Waals surface area contributed by atoms with Crippen molar-refractivity contribution < 1.29 is 36.2 Å². The number of nitrogens with zero attached hydrogens (tertiary/aromatic N) is 2. The van der Waals surface area contributed by atoms with Gasteiger partial charge in [0.1, 0.15) is 17.8 Å². The molecule has 1 saturated heterocycles. The first-order valence-electron chi connectivity index (χ1n) is 11.7. The standard InChI is InChI=1S/C24H27F4N3O4/c1-3-23(33-2)11-31(12-23)22-30-20(19(35-22)10-24(26,27)28)21(32)29-15-4-5-18(17(25)9-15)34-16-7-13-6-14(13)8-16/h4-5,9,13-14,16H,3,6-8,10-12H2,1-2H3,(H,29,32)/t13-,14?,16?/m0/s1. The molecule has 1 N–H and O–H groups in total. The number of carbonyl (C=O) groups is 1. The maximum Gasteiger partial charge on any atom is 0.396 e. The fourth-order valence-electron chi connectivity index (χ4n) is 5.04. The minimum absolute atomic E-state index is 0.0155. The van der Waals surface area contributed by atoms with Gasteiger partial charge in [-0.25, -0.2) is 4.39 Å². The van der Waals surface area contributed by atoms with Gasteiger partial charge in [0.05, 0.1) is 19.2 Å². The van der Waals surface area contributed by atoms with Crippen molar-refractivity contribution in [3.8, 4) is 5.75 Å². The van der Waals surface area contributed by atoms with Crippen LogP contribution in [0.25, 0.3) is 0 Å². The second kappa shape index (κ2) is 8.69. The highest BCUT2D eigenvalue weighted by Gasteiger charge is 2.47. The summed E-state index contributed by atoms with van der Waals surface area (Å²) in [5.74, 6) is -0.719. The van der Waals surface area contributed by atoms with Crippen molar-refractivity contribution in [2.75, 3.05) is 30.4 Å². The summed E-state index contributed by atoms with van der Waals surface area (Å²) >= 11 is 0. The summed E-state index contributed by atoms with van der Waals surface area (Å²) in [5.41, 5.74) is -0.846. The number of benzene rings is 1. The highest BCUT2D eigenvalue weighted by Crippen LogP contribution is 2.52. The smallest absolute Gasteiger partial charge is 0.396 e. The highest BCUT2D eigenvalue weighted by atomic mass is 19.4. The second-order valence-corrected chi connectivity index (χ2v) is 9.72. The van der Waals surface area contributed by atoms with Crippen LogP contribution in [0.4, 0.5) is 29.3 Å². The minimum Gasteiger partial charge on any atom is -0.487 e. The predicted octanol–water partition coefficient (Wildman–Crippen LogP) is 4.96. The maximum atomic E-state index is 14.6. The number of halogens is 4. The molecule has 3 aliphatic rings. The highest BCUT2D eigenvalue weighted by molar-refractivity contribution is 6.03. The van der Waals surface area contributed by atoms with Crippen molar-refractivity contribution in [1.29, 1.82) is 0 Å². The number of ether oxygens (including phenoxy) is 2. The van der Waals surface area contributed by atoms with E-state index in [1.54, 1.807) is 12.0 Å². The summed E-state index contributed by atoms with van der Waals surface area (Å²) in [6.45, 7) is 2.69. The predicted molar refractivity (Wildman–Crippen MR) is 118 cm³/mol. The molecule has 2 aliphatic carbocycles. The van der Waals surface area contributed by atoms with Crippen LogP contribution in [0.3, 0.4) is 0 Å². The third-order valence-electron chi connectivity index (χ3n) is 7.25. The van der Waals surface area contributed by atoms with E-state index in [0.717, 1.165) is 18.9 Å². The topological polar surface area (TPSA) is 76.8 Å². The van der Waals surface area contributed by atoms with E-state index in [-0.39, 0.29) is 23.6 Å². The summed E-state index contributed by atoms with van der Waals surface area (Å²) in [7, 11) is 1.57. The number of oxazole rings is 1. The first-order chi connectivity index (χ1) is 16.6. The van der Waals surface area contributed by atoms with Gasteiger partial charge in [-0.15, -0.1) is 0 Å². The molecular weight excluding hydrogens is 470 g/mol. The molecule has 1 aromatic carbocycles. The number of rotatable bonds is 8. The van der Waals surface area contributed by atoms with Crippen molar-refractivity contribution >= 4 is 17.6 Å². The molecule has 0 spiro atoms. The Labute approximate surface area is 199 Å². The van der Waals surface area contributed by atoms with Crippen molar-refractivity contribution in [3.05, 3.63) is 35.5 Å². The molecule has 7 nitrogen and oxygen atoms in total. The molecular formula is C24H27F4N3O4. The average molecular weight is 497 g/mol. The lowest BCUT2D eigenvalue weighted by molar-refractivity contribution is -0.130. The molecule has 1 amide bonds. The number of aromatic nitrogens is 1. The van der Waals surface area contributed by atoms with Crippen molar-refractivity contribution in [2.45, 2.75) is 56.9 Å². The minimum atomic E-state index is -4.60. The van der Waals surface area contributed by atoms with Gasteiger partial charge in [0, 0.05) is 18.9 Å². The van der Waals surface area contributed by atoms with Crippen LogP contribution in [0.2, 0.25) is 0 Å². The third kappa shape index (κ3) is 4.96. The Kier molecular flexibility index (Phi) is 5.93. The van der Waals surface area contributed by atoms with Gasteiger partial charge >= 0.3 is 6.18 Å². The van der Waals surface area contributed by atoms with E-state index < -0.39 is 41.4 Å². The first kappa shape index (κ1) is 23.9. The molecule has 0 radical (unpaired) electrons. The van der Waals surface area contributed by atoms with Crippen LogP contribution in [-0.2, 0) is 11.2 Å². The van der Waals surface area contributed by atoms with Crippen LogP contribution in [0.15, 0.2) is 22.6 Å². The van der Waals surface area contributed by atoms with Crippen molar-refractivity contribution in [2.24, 2.45) is 11.8 Å². The van der Waals surface area contributed by atoms with Gasteiger partial charge in [-0.1, -0.05) is 6.92 Å². The zero-order valence-electron chi connectivity index (χ0n) is 19.5. The summed E-state index contributed by atoms with van der Waals surface area (Å²) < 4.78 is 70.5. The molecule has 1 aliphatic heterocycles. The van der Waals surface area contributed by atoms with Crippen molar-refractivity contribution in [3.63, 3.8) is 0 Å². The molecule has 3 atom stereocenters. The third-order valence-corrected chi connectivity index (χ3v) is 7.25. The molecule has 3 fully saturated rings. The lowest BCUT2D eigenvalue weighted by Gasteiger charge is -2.47. The molecule has 11 heteroatoms. The molecule has 0 bridgehead atoms. The van der Waals surface area contributed by atoms with Crippen LogP contribution in [0.1, 0.15) is 48.9 Å². The lowest BCUT2D eigenvalue weighted by atomic mass is 9.91. The van der Waals surface area contributed by atoms with Crippen LogP contribution in [0, 0.1) is 17.7 Å². The average Bonchev–Trinajstić information content (AvgIpc) is 3.17. The summed E-state index contributed by atoms with van der Waals surface area (Å²) in [4.78, 5) is 18.5. The van der Waals surface area contributed by atoms with E-state index in [0.29, 0.717) is 31.3 Å². The number of amides is 1. The van der Waals surface area contributed by atoms with Gasteiger partial charge in [0.15, 0.2) is 17.3 Å². The molecule has 190 valence electrons. The Morgan fingerprint density at radius 3 is 2.57 bits per heavy atom. The number of methoxy groups -OCH3 is 1. The molecule has 2 aromatic rings. The van der Waals surface area contributed by atoms with Crippen molar-refractivity contribution in [1.82, 2.24) is 4.98 Å². The van der Waals surface area contributed by atoms with Crippen LogP contribution in [-0.4, -0.2) is 49.0 Å². The molecule has 1 aromatic heterocycles. The van der Waals surface area contributed by atoms with Gasteiger partial charge in [-0.3, -0.25) is 4.79 Å². The number of alkyl halides is 3. The monoisotopic (exact) mass is 497 g/mol. The quantitative estimate of drug-likeness (QED) is 0.520. The Morgan fingerprint density at radius 2 is 1.97 bits per heavy atom. The zero-order valence-corrected chi connectivity index (χ0v) is 19.5. The summed E-state index contributed by atoms with van der Waals surface area (Å²) in [5, 5.41) is 2.42. The van der Waals surface area contributed by atoms with E-state index in [4.69, 9.17) is 13.9 Å². The van der Waals surface area contributed by atoms with Crippen LogP contribution >= 0.6 is 0 Å². The maximum absolute atomic E-state index is 14.6. The van der Waals surface area contributed by atoms with Gasteiger partial charge in [-0.05, 0) is 49.7 Å². The van der Waals surface area contributed by atoms with E-state index in [9.17, 15) is 22.4 Å². The number of nitrogens with one attached hydrogen (secondary N) is 1. The Morgan fingerprint density at radius 1 is 1.26 bits per heavy atom.